The van der Waals surface area contributed by atoms with E-state index >= 15 is 0 Å². The van der Waals surface area contributed by atoms with Crippen LogP contribution in [0.25, 0.3) is 16.7 Å². The van der Waals surface area contributed by atoms with Gasteiger partial charge in [-0.15, -0.1) is 0 Å². The van der Waals surface area contributed by atoms with Crippen LogP contribution in [0.2, 0.25) is 5.02 Å². The number of carboxylic acids is 1. The average Bonchev–Trinajstić information content (AvgIpc) is 2.94. The molecule has 0 bridgehead atoms. The van der Waals surface area contributed by atoms with E-state index in [1.807, 2.05) is 0 Å². The molecule has 1 N–H and O–H groups in total. The second kappa shape index (κ2) is 6.25. The van der Waals surface area contributed by atoms with Gasteiger partial charge in [0.15, 0.2) is 12.4 Å². The van der Waals surface area contributed by atoms with Crippen LogP contribution in [0.5, 0.6) is 5.88 Å². The third kappa shape index (κ3) is 3.66. The molecule has 3 aromatic rings. The summed E-state index contributed by atoms with van der Waals surface area (Å²) >= 11 is 5.95. The number of hydrogen-bond donors (Lipinski definition) is 1. The van der Waals surface area contributed by atoms with Crippen molar-refractivity contribution in [3.8, 4) is 11.7 Å². The number of hydrogen-bond acceptors (Lipinski definition) is 4. The molecule has 0 aliphatic heterocycles. The second-order valence-corrected chi connectivity index (χ2v) is 5.40. The van der Waals surface area contributed by atoms with Crippen LogP contribution in [-0.4, -0.2) is 38.6 Å². The van der Waals surface area contributed by atoms with Gasteiger partial charge in [-0.05, 0) is 18.2 Å². The van der Waals surface area contributed by atoms with Crippen LogP contribution in [0.1, 0.15) is 10.4 Å². The van der Waals surface area contributed by atoms with E-state index in [0.29, 0.717) is 10.9 Å². The predicted octanol–water partition coefficient (Wildman–Crippen LogP) is 3.71. The van der Waals surface area contributed by atoms with Gasteiger partial charge in [0.2, 0.25) is 5.88 Å². The summed E-state index contributed by atoms with van der Waals surface area (Å²) in [5, 5.41) is 13.7. The number of benzene rings is 1. The predicted molar refractivity (Wildman–Crippen MR) is 82.4 cm³/mol. The molecule has 6 nitrogen and oxygen atoms in total. The molecule has 10 heteroatoms. The lowest BCUT2D eigenvalue weighted by Gasteiger charge is -2.10. The lowest BCUT2D eigenvalue weighted by Crippen LogP contribution is -2.19. The van der Waals surface area contributed by atoms with E-state index in [4.69, 9.17) is 16.7 Å². The minimum Gasteiger partial charge on any atom is -0.478 e. The average molecular weight is 372 g/mol. The van der Waals surface area contributed by atoms with Crippen LogP contribution in [0, 0.1) is 0 Å². The first-order valence-electron chi connectivity index (χ1n) is 6.82. The fourth-order valence-electron chi connectivity index (χ4n) is 2.15. The first-order chi connectivity index (χ1) is 11.7. The van der Waals surface area contributed by atoms with Gasteiger partial charge in [-0.3, -0.25) is 0 Å². The largest absolute Gasteiger partial charge is 0.478 e. The van der Waals surface area contributed by atoms with Gasteiger partial charge in [0, 0.05) is 11.5 Å². The number of carboxylic acid groups (broad SMARTS) is 1. The maximum atomic E-state index is 12.2. The fraction of sp³-hybridized carbons (Fsp3) is 0.133. The number of carbonyl (C=O) groups is 1. The molecule has 0 radical (unpaired) electrons. The summed E-state index contributed by atoms with van der Waals surface area (Å²) < 4.78 is 42.7. The highest BCUT2D eigenvalue weighted by molar-refractivity contribution is 6.34. The highest BCUT2D eigenvalue weighted by Crippen LogP contribution is 2.26. The monoisotopic (exact) mass is 371 g/mol. The van der Waals surface area contributed by atoms with Gasteiger partial charge in [-0.1, -0.05) is 17.7 Å². The van der Waals surface area contributed by atoms with Gasteiger partial charge >= 0.3 is 12.1 Å². The van der Waals surface area contributed by atoms with Crippen molar-refractivity contribution in [1.82, 2.24) is 14.8 Å². The van der Waals surface area contributed by atoms with Crippen molar-refractivity contribution >= 4 is 28.5 Å². The standard InChI is InChI=1S/C15H9ClF3N3O3/c16-10-5-11-8(4-9(10)14(23)24)6-20-22(11)12-2-1-3-13(21-12)25-7-15(17,18)19/h1-6H,7H2,(H,23,24). The highest BCUT2D eigenvalue weighted by Gasteiger charge is 2.28. The summed E-state index contributed by atoms with van der Waals surface area (Å²) in [6.07, 6.45) is -3.07. The number of nitrogens with zero attached hydrogens (tertiary/aromatic N) is 3. The Morgan fingerprint density at radius 2 is 2.08 bits per heavy atom. The summed E-state index contributed by atoms with van der Waals surface area (Å²) in [5.74, 6) is -1.19. The zero-order chi connectivity index (χ0) is 18.2. The summed E-state index contributed by atoms with van der Waals surface area (Å²) in [4.78, 5) is 15.1. The Morgan fingerprint density at radius 1 is 1.32 bits per heavy atom. The van der Waals surface area contributed by atoms with E-state index in [2.05, 4.69) is 14.8 Å². The van der Waals surface area contributed by atoms with E-state index in [1.165, 1.54) is 41.2 Å². The maximum Gasteiger partial charge on any atom is 0.422 e. The Labute approximate surface area is 143 Å². The van der Waals surface area contributed by atoms with Crippen molar-refractivity contribution in [3.05, 3.63) is 47.1 Å². The first-order valence-corrected chi connectivity index (χ1v) is 7.20. The van der Waals surface area contributed by atoms with Crippen molar-refractivity contribution in [2.24, 2.45) is 0 Å². The Bertz CT molecular complexity index is 956. The first kappa shape index (κ1) is 17.0. The van der Waals surface area contributed by atoms with E-state index < -0.39 is 18.8 Å². The van der Waals surface area contributed by atoms with Gasteiger partial charge in [0.25, 0.3) is 0 Å². The number of halogens is 4. The Kier molecular flexibility index (Phi) is 4.25. The lowest BCUT2D eigenvalue weighted by molar-refractivity contribution is -0.154. The molecule has 0 atom stereocenters. The van der Waals surface area contributed by atoms with Gasteiger partial charge in [0.1, 0.15) is 0 Å². The summed E-state index contributed by atoms with van der Waals surface area (Å²) in [7, 11) is 0. The van der Waals surface area contributed by atoms with Crippen molar-refractivity contribution in [2.45, 2.75) is 6.18 Å². The molecule has 0 saturated heterocycles. The number of alkyl halides is 3. The van der Waals surface area contributed by atoms with E-state index in [0.717, 1.165) is 0 Å². The minimum absolute atomic E-state index is 0.00576. The third-order valence-electron chi connectivity index (χ3n) is 3.20. The number of aromatic carboxylic acids is 1. The van der Waals surface area contributed by atoms with Crippen LogP contribution >= 0.6 is 11.6 Å². The minimum atomic E-state index is -4.48. The highest BCUT2D eigenvalue weighted by atomic mass is 35.5. The number of rotatable bonds is 4. The molecule has 0 spiro atoms. The molecule has 0 unspecified atom stereocenters. The van der Waals surface area contributed by atoms with Gasteiger partial charge in [-0.2, -0.15) is 23.3 Å². The molecule has 130 valence electrons. The molecule has 0 aliphatic carbocycles. The summed E-state index contributed by atoms with van der Waals surface area (Å²) in [6.45, 7) is -1.46. The topological polar surface area (TPSA) is 77.2 Å². The molecule has 25 heavy (non-hydrogen) atoms. The Morgan fingerprint density at radius 3 is 2.76 bits per heavy atom. The molecule has 0 fully saturated rings. The van der Waals surface area contributed by atoms with Crippen LogP contribution in [0.3, 0.4) is 0 Å². The number of ether oxygens (including phenoxy) is 1. The van der Waals surface area contributed by atoms with Crippen LogP contribution in [0.15, 0.2) is 36.5 Å². The molecule has 3 rings (SSSR count). The lowest BCUT2D eigenvalue weighted by atomic mass is 10.1. The van der Waals surface area contributed by atoms with Crippen LogP contribution in [0.4, 0.5) is 13.2 Å². The zero-order valence-corrected chi connectivity index (χ0v) is 13.0. The van der Waals surface area contributed by atoms with Gasteiger partial charge in [0.05, 0.1) is 22.3 Å². The van der Waals surface area contributed by atoms with E-state index in [-0.39, 0.29) is 22.3 Å². The molecular formula is C15H9ClF3N3O3. The third-order valence-corrected chi connectivity index (χ3v) is 3.51. The SMILES string of the molecule is O=C(O)c1cc2cnn(-c3cccc(OCC(F)(F)F)n3)c2cc1Cl. The molecule has 1 aromatic carbocycles. The molecule has 0 saturated carbocycles. The summed E-state index contributed by atoms with van der Waals surface area (Å²) in [6, 6.07) is 7.03. The molecular weight excluding hydrogens is 363 g/mol. The molecule has 2 aromatic heterocycles. The van der Waals surface area contributed by atoms with E-state index in [9.17, 15) is 18.0 Å². The van der Waals surface area contributed by atoms with Crippen LogP contribution in [-0.2, 0) is 0 Å². The molecule has 0 aliphatic rings. The van der Waals surface area contributed by atoms with Crippen LogP contribution < -0.4 is 4.74 Å². The number of pyridine rings is 1. The second-order valence-electron chi connectivity index (χ2n) is 4.99. The zero-order valence-electron chi connectivity index (χ0n) is 12.3. The molecule has 0 amide bonds. The van der Waals surface area contributed by atoms with Gasteiger partial charge < -0.3 is 9.84 Å². The summed E-state index contributed by atoms with van der Waals surface area (Å²) in [5.41, 5.74) is 0.374. The number of aromatic nitrogens is 3. The quantitative estimate of drug-likeness (QED) is 0.756. The molecule has 2 heterocycles. The Hall–Kier alpha value is -2.81. The van der Waals surface area contributed by atoms with Crippen molar-refractivity contribution < 1.29 is 27.8 Å². The van der Waals surface area contributed by atoms with E-state index in [1.54, 1.807) is 0 Å². The fourth-order valence-corrected chi connectivity index (χ4v) is 2.39. The van der Waals surface area contributed by atoms with Gasteiger partial charge in [-0.25, -0.2) is 9.48 Å². The number of fused-ring (bicyclic) bond motifs is 1. The van der Waals surface area contributed by atoms with Crippen molar-refractivity contribution in [3.63, 3.8) is 0 Å². The van der Waals surface area contributed by atoms with Crippen molar-refractivity contribution in [1.29, 1.82) is 0 Å². The Balaban J connectivity index is 1.99. The normalized spacial score (nSPS) is 11.7. The smallest absolute Gasteiger partial charge is 0.422 e. The maximum absolute atomic E-state index is 12.2. The van der Waals surface area contributed by atoms with Crippen molar-refractivity contribution in [2.75, 3.05) is 6.61 Å².